The van der Waals surface area contributed by atoms with Gasteiger partial charge in [0.2, 0.25) is 0 Å². The average molecular weight is 332 g/mol. The number of sulfonamides is 1. The highest BCUT2D eigenvalue weighted by Crippen LogP contribution is 2.37. The second-order valence-corrected chi connectivity index (χ2v) is 6.27. The van der Waals surface area contributed by atoms with Gasteiger partial charge in [0, 0.05) is 5.69 Å². The van der Waals surface area contributed by atoms with E-state index in [1.165, 1.54) is 19.2 Å². The van der Waals surface area contributed by atoms with E-state index >= 15 is 0 Å². The zero-order valence-electron chi connectivity index (χ0n) is 10.4. The Bertz CT molecular complexity index is 718. The van der Waals surface area contributed by atoms with Gasteiger partial charge in [-0.15, -0.1) is 0 Å². The van der Waals surface area contributed by atoms with Gasteiger partial charge in [0.15, 0.2) is 0 Å². The summed E-state index contributed by atoms with van der Waals surface area (Å²) < 4.78 is 32.0. The molecule has 2 rings (SSSR count). The van der Waals surface area contributed by atoms with Gasteiger partial charge in [0.25, 0.3) is 10.0 Å². The van der Waals surface area contributed by atoms with Crippen LogP contribution in [0.15, 0.2) is 47.4 Å². The molecule has 0 spiro atoms. The van der Waals surface area contributed by atoms with Gasteiger partial charge >= 0.3 is 0 Å². The van der Waals surface area contributed by atoms with E-state index in [0.717, 1.165) is 0 Å². The van der Waals surface area contributed by atoms with Gasteiger partial charge in [-0.3, -0.25) is 4.72 Å². The van der Waals surface area contributed by atoms with Crippen molar-refractivity contribution in [2.24, 2.45) is 0 Å². The maximum Gasteiger partial charge on any atom is 0.263 e. The van der Waals surface area contributed by atoms with Gasteiger partial charge in [0.05, 0.1) is 12.1 Å². The summed E-state index contributed by atoms with van der Waals surface area (Å²) in [5, 5.41) is -0.0143. The molecule has 0 aliphatic rings. The van der Waals surface area contributed by atoms with Crippen molar-refractivity contribution in [2.45, 2.75) is 4.90 Å². The Balaban J connectivity index is 2.43. The number of rotatable bonds is 4. The quantitative estimate of drug-likeness (QED) is 0.926. The molecule has 2 aromatic carbocycles. The third-order valence-electron chi connectivity index (χ3n) is 2.55. The molecular formula is C13H11Cl2NO3S. The second kappa shape index (κ2) is 5.91. The first-order valence-electron chi connectivity index (χ1n) is 5.55. The SMILES string of the molecule is COc1ccc(S(=O)(=O)Nc2ccccc2)c(Cl)c1Cl. The van der Waals surface area contributed by atoms with Gasteiger partial charge in [-0.05, 0) is 24.3 Å². The predicted octanol–water partition coefficient (Wildman–Crippen LogP) is 3.80. The van der Waals surface area contributed by atoms with Crippen LogP contribution in [-0.2, 0) is 10.0 Å². The molecule has 0 fully saturated rings. The number of anilines is 1. The molecule has 0 radical (unpaired) electrons. The first-order chi connectivity index (χ1) is 9.45. The average Bonchev–Trinajstić information content (AvgIpc) is 2.42. The van der Waals surface area contributed by atoms with Crippen molar-refractivity contribution >= 4 is 38.9 Å². The molecule has 1 N–H and O–H groups in total. The monoisotopic (exact) mass is 331 g/mol. The van der Waals surface area contributed by atoms with Gasteiger partial charge in [0.1, 0.15) is 15.7 Å². The lowest BCUT2D eigenvalue weighted by Gasteiger charge is -2.12. The Morgan fingerprint density at radius 1 is 1.00 bits per heavy atom. The Morgan fingerprint density at radius 2 is 1.65 bits per heavy atom. The van der Waals surface area contributed by atoms with Crippen LogP contribution in [0.3, 0.4) is 0 Å². The lowest BCUT2D eigenvalue weighted by atomic mass is 10.3. The Hall–Kier alpha value is -1.43. The van der Waals surface area contributed by atoms with E-state index in [9.17, 15) is 8.42 Å². The highest BCUT2D eigenvalue weighted by atomic mass is 35.5. The molecule has 0 aliphatic carbocycles. The smallest absolute Gasteiger partial charge is 0.263 e. The number of ether oxygens (including phenoxy) is 1. The fraction of sp³-hybridized carbons (Fsp3) is 0.0769. The molecule has 4 nitrogen and oxygen atoms in total. The number of hydrogen-bond acceptors (Lipinski definition) is 3. The molecule has 20 heavy (non-hydrogen) atoms. The third-order valence-corrected chi connectivity index (χ3v) is 4.95. The summed E-state index contributed by atoms with van der Waals surface area (Å²) in [6.07, 6.45) is 0. The third kappa shape index (κ3) is 3.00. The van der Waals surface area contributed by atoms with Crippen LogP contribution in [0, 0.1) is 0 Å². The van der Waals surface area contributed by atoms with Gasteiger partial charge in [-0.1, -0.05) is 41.4 Å². The molecule has 0 heterocycles. The predicted molar refractivity (Wildman–Crippen MR) is 80.3 cm³/mol. The van der Waals surface area contributed by atoms with Gasteiger partial charge < -0.3 is 4.74 Å². The van der Waals surface area contributed by atoms with E-state index < -0.39 is 10.0 Å². The summed E-state index contributed by atoms with van der Waals surface area (Å²) in [4.78, 5) is -0.103. The molecular weight excluding hydrogens is 321 g/mol. The van der Waals surface area contributed by atoms with Gasteiger partial charge in [-0.25, -0.2) is 8.42 Å². The Labute approximate surface area is 127 Å². The lowest BCUT2D eigenvalue weighted by molar-refractivity contribution is 0.414. The molecule has 7 heteroatoms. The summed E-state index contributed by atoms with van der Waals surface area (Å²) in [6.45, 7) is 0. The lowest BCUT2D eigenvalue weighted by Crippen LogP contribution is -2.13. The van der Waals surface area contributed by atoms with Crippen molar-refractivity contribution < 1.29 is 13.2 Å². The number of benzene rings is 2. The van der Waals surface area contributed by atoms with Crippen LogP contribution < -0.4 is 9.46 Å². The van der Waals surface area contributed by atoms with Crippen LogP contribution in [0.25, 0.3) is 0 Å². The van der Waals surface area contributed by atoms with Crippen LogP contribution in [0.4, 0.5) is 5.69 Å². The molecule has 0 saturated heterocycles. The van der Waals surface area contributed by atoms with Gasteiger partial charge in [-0.2, -0.15) is 0 Å². The molecule has 0 unspecified atom stereocenters. The normalized spacial score (nSPS) is 11.2. The van der Waals surface area contributed by atoms with Crippen LogP contribution in [-0.4, -0.2) is 15.5 Å². The van der Waals surface area contributed by atoms with E-state index in [1.807, 2.05) is 0 Å². The number of halogens is 2. The van der Waals surface area contributed by atoms with E-state index in [4.69, 9.17) is 27.9 Å². The van der Waals surface area contributed by atoms with Crippen molar-refractivity contribution in [1.82, 2.24) is 0 Å². The highest BCUT2D eigenvalue weighted by Gasteiger charge is 2.21. The largest absolute Gasteiger partial charge is 0.495 e. The minimum absolute atomic E-state index is 0.0603. The zero-order valence-corrected chi connectivity index (χ0v) is 12.8. The molecule has 0 amide bonds. The minimum atomic E-state index is -3.81. The molecule has 2 aromatic rings. The van der Waals surface area contributed by atoms with Crippen LogP contribution in [0.2, 0.25) is 10.0 Å². The van der Waals surface area contributed by atoms with Crippen LogP contribution >= 0.6 is 23.2 Å². The van der Waals surface area contributed by atoms with Crippen molar-refractivity contribution in [3.05, 3.63) is 52.5 Å². The number of methoxy groups -OCH3 is 1. The van der Waals surface area contributed by atoms with E-state index in [0.29, 0.717) is 11.4 Å². The first kappa shape index (κ1) is 15.0. The molecule has 0 atom stereocenters. The molecule has 0 bridgehead atoms. The minimum Gasteiger partial charge on any atom is -0.495 e. The van der Waals surface area contributed by atoms with Crippen molar-refractivity contribution in [3.8, 4) is 5.75 Å². The Kier molecular flexibility index (Phi) is 4.42. The summed E-state index contributed by atoms with van der Waals surface area (Å²) in [5.41, 5.74) is 0.440. The summed E-state index contributed by atoms with van der Waals surface area (Å²) >= 11 is 12.0. The Morgan fingerprint density at radius 3 is 2.25 bits per heavy atom. The zero-order chi connectivity index (χ0) is 14.8. The van der Waals surface area contributed by atoms with Crippen LogP contribution in [0.1, 0.15) is 0 Å². The van der Waals surface area contributed by atoms with E-state index in [2.05, 4.69) is 4.72 Å². The summed E-state index contributed by atoms with van der Waals surface area (Å²) in [5.74, 6) is 0.315. The molecule has 106 valence electrons. The topological polar surface area (TPSA) is 55.4 Å². The van der Waals surface area contributed by atoms with Crippen molar-refractivity contribution in [1.29, 1.82) is 0 Å². The maximum atomic E-state index is 12.3. The summed E-state index contributed by atoms with van der Waals surface area (Å²) in [7, 11) is -2.39. The first-order valence-corrected chi connectivity index (χ1v) is 7.79. The highest BCUT2D eigenvalue weighted by molar-refractivity contribution is 7.92. The molecule has 0 aromatic heterocycles. The van der Waals surface area contributed by atoms with E-state index in [-0.39, 0.29) is 14.9 Å². The second-order valence-electron chi connectivity index (χ2n) is 3.87. The summed E-state index contributed by atoms with van der Waals surface area (Å²) in [6, 6.07) is 11.3. The fourth-order valence-electron chi connectivity index (χ4n) is 1.60. The molecule has 0 aliphatic heterocycles. The van der Waals surface area contributed by atoms with Crippen molar-refractivity contribution in [2.75, 3.05) is 11.8 Å². The number of nitrogens with one attached hydrogen (secondary N) is 1. The maximum absolute atomic E-state index is 12.3. The van der Waals surface area contributed by atoms with E-state index in [1.54, 1.807) is 30.3 Å². The van der Waals surface area contributed by atoms with Crippen LogP contribution in [0.5, 0.6) is 5.75 Å². The standard InChI is InChI=1S/C13H11Cl2NO3S/c1-19-10-7-8-11(13(15)12(10)14)20(17,18)16-9-5-3-2-4-6-9/h2-8,16H,1H3. The fourth-order valence-corrected chi connectivity index (χ4v) is 3.50. The number of hydrogen-bond donors (Lipinski definition) is 1. The number of para-hydroxylation sites is 1. The van der Waals surface area contributed by atoms with Crippen molar-refractivity contribution in [3.63, 3.8) is 0 Å². The molecule has 0 saturated carbocycles.